The van der Waals surface area contributed by atoms with Crippen LogP contribution in [-0.2, 0) is 4.79 Å². The highest BCUT2D eigenvalue weighted by Gasteiger charge is 2.37. The number of piperidine rings is 1. The van der Waals surface area contributed by atoms with E-state index in [0.29, 0.717) is 12.0 Å². The molecule has 6 nitrogen and oxygen atoms in total. The minimum absolute atomic E-state index is 0.0316. The maximum absolute atomic E-state index is 12.6. The second-order valence-corrected chi connectivity index (χ2v) is 6.68. The zero-order valence-corrected chi connectivity index (χ0v) is 13.9. The van der Waals surface area contributed by atoms with E-state index in [1.807, 2.05) is 24.5 Å². The van der Waals surface area contributed by atoms with E-state index in [-0.39, 0.29) is 24.0 Å². The lowest BCUT2D eigenvalue weighted by molar-refractivity contribution is -0.127. The van der Waals surface area contributed by atoms with Crippen molar-refractivity contribution in [2.24, 2.45) is 11.8 Å². The van der Waals surface area contributed by atoms with E-state index >= 15 is 0 Å². The predicted octanol–water partition coefficient (Wildman–Crippen LogP) is 1.09. The predicted molar refractivity (Wildman–Crippen MR) is 89.1 cm³/mol. The summed E-state index contributed by atoms with van der Waals surface area (Å²) in [4.78, 5) is 16.7. The van der Waals surface area contributed by atoms with Crippen molar-refractivity contribution in [3.63, 3.8) is 0 Å². The van der Waals surface area contributed by atoms with Crippen molar-refractivity contribution in [3.8, 4) is 0 Å². The normalized spacial score (nSPS) is 34.3. The molecule has 0 bridgehead atoms. The number of aromatic nitrogens is 1. The van der Waals surface area contributed by atoms with E-state index in [1.165, 1.54) is 5.56 Å². The molecular formula is C17H27N5O. The maximum Gasteiger partial charge on any atom is 0.224 e. The van der Waals surface area contributed by atoms with Gasteiger partial charge in [-0.2, -0.15) is 0 Å². The Morgan fingerprint density at radius 1 is 1.35 bits per heavy atom. The molecule has 4 N–H and O–H groups in total. The molecule has 126 valence electrons. The summed E-state index contributed by atoms with van der Waals surface area (Å²) < 4.78 is 0. The Morgan fingerprint density at radius 2 is 2.13 bits per heavy atom. The van der Waals surface area contributed by atoms with Gasteiger partial charge in [-0.1, -0.05) is 6.92 Å². The van der Waals surface area contributed by atoms with Crippen LogP contribution in [0.1, 0.15) is 44.7 Å². The summed E-state index contributed by atoms with van der Waals surface area (Å²) in [7, 11) is 0. The number of hydrogen-bond donors (Lipinski definition) is 4. The molecular weight excluding hydrogens is 290 g/mol. The first-order valence-electron chi connectivity index (χ1n) is 8.63. The second-order valence-electron chi connectivity index (χ2n) is 6.68. The summed E-state index contributed by atoms with van der Waals surface area (Å²) in [6, 6.07) is 4.67. The number of amides is 1. The van der Waals surface area contributed by atoms with Crippen molar-refractivity contribution in [1.82, 2.24) is 26.5 Å². The second kappa shape index (κ2) is 7.38. The molecule has 23 heavy (non-hydrogen) atoms. The SMILES string of the molecule is CCC1C(NC(=O)[C@H]2CCN[C@@H](C)C2)NNC1c1ccncc1. The van der Waals surface area contributed by atoms with Crippen molar-refractivity contribution >= 4 is 5.91 Å². The molecule has 0 aromatic carbocycles. The van der Waals surface area contributed by atoms with Crippen LogP contribution in [0.25, 0.3) is 0 Å². The fraction of sp³-hybridized carbons (Fsp3) is 0.647. The van der Waals surface area contributed by atoms with Crippen LogP contribution in [0.5, 0.6) is 0 Å². The van der Waals surface area contributed by atoms with E-state index in [2.05, 4.69) is 40.3 Å². The Balaban J connectivity index is 1.63. The highest BCUT2D eigenvalue weighted by atomic mass is 16.2. The monoisotopic (exact) mass is 317 g/mol. The smallest absolute Gasteiger partial charge is 0.224 e. The van der Waals surface area contributed by atoms with Gasteiger partial charge in [-0.05, 0) is 50.4 Å². The van der Waals surface area contributed by atoms with Gasteiger partial charge in [0.1, 0.15) is 0 Å². The molecule has 1 amide bonds. The summed E-state index contributed by atoms with van der Waals surface area (Å²) >= 11 is 0. The maximum atomic E-state index is 12.6. The van der Waals surface area contributed by atoms with Crippen LogP contribution in [0.3, 0.4) is 0 Å². The van der Waals surface area contributed by atoms with E-state index in [4.69, 9.17) is 0 Å². The van der Waals surface area contributed by atoms with Gasteiger partial charge in [0.2, 0.25) is 5.91 Å². The minimum atomic E-state index is -0.0316. The van der Waals surface area contributed by atoms with Crippen molar-refractivity contribution in [2.75, 3.05) is 6.54 Å². The minimum Gasteiger partial charge on any atom is -0.339 e. The van der Waals surface area contributed by atoms with Gasteiger partial charge in [0, 0.05) is 30.3 Å². The highest BCUT2D eigenvalue weighted by molar-refractivity contribution is 5.79. The molecule has 1 aromatic heterocycles. The molecule has 6 heteroatoms. The Morgan fingerprint density at radius 3 is 2.83 bits per heavy atom. The van der Waals surface area contributed by atoms with Crippen LogP contribution in [0.15, 0.2) is 24.5 Å². The van der Waals surface area contributed by atoms with Gasteiger partial charge in [0.15, 0.2) is 0 Å². The zero-order valence-electron chi connectivity index (χ0n) is 13.9. The highest BCUT2D eigenvalue weighted by Crippen LogP contribution is 2.30. The molecule has 2 aliphatic heterocycles. The molecule has 0 radical (unpaired) electrons. The topological polar surface area (TPSA) is 78.1 Å². The van der Waals surface area contributed by atoms with Crippen molar-refractivity contribution in [3.05, 3.63) is 30.1 Å². The van der Waals surface area contributed by atoms with E-state index in [1.54, 1.807) is 0 Å². The lowest BCUT2D eigenvalue weighted by Crippen LogP contribution is -2.51. The summed E-state index contributed by atoms with van der Waals surface area (Å²) in [6.45, 7) is 5.23. The number of carbonyl (C=O) groups excluding carboxylic acids is 1. The van der Waals surface area contributed by atoms with Gasteiger partial charge in [0.05, 0.1) is 12.2 Å². The first-order valence-corrected chi connectivity index (χ1v) is 8.63. The first kappa shape index (κ1) is 16.4. The van der Waals surface area contributed by atoms with Crippen LogP contribution >= 0.6 is 0 Å². The first-order chi connectivity index (χ1) is 11.2. The Bertz CT molecular complexity index is 523. The van der Waals surface area contributed by atoms with Crippen molar-refractivity contribution in [1.29, 1.82) is 0 Å². The summed E-state index contributed by atoms with van der Waals surface area (Å²) in [6.07, 6.45) is 6.41. The van der Waals surface area contributed by atoms with Gasteiger partial charge >= 0.3 is 0 Å². The average Bonchev–Trinajstić information content (AvgIpc) is 2.98. The number of nitrogens with one attached hydrogen (secondary N) is 4. The molecule has 2 saturated heterocycles. The molecule has 2 aliphatic rings. The van der Waals surface area contributed by atoms with Crippen molar-refractivity contribution in [2.45, 2.75) is 51.4 Å². The molecule has 3 heterocycles. The standard InChI is InChI=1S/C17H27N5O/c1-3-14-15(12-4-7-18-8-5-12)21-22-16(14)20-17(23)13-6-9-19-11(2)10-13/h4-5,7-8,11,13-16,19,21-22H,3,6,9-10H2,1-2H3,(H,20,23)/t11-,13-,14?,15?,16?/m0/s1. The van der Waals surface area contributed by atoms with Crippen LogP contribution in [-0.4, -0.2) is 29.6 Å². The van der Waals surface area contributed by atoms with Crippen LogP contribution in [0.2, 0.25) is 0 Å². The largest absolute Gasteiger partial charge is 0.339 e. The Hall–Kier alpha value is -1.50. The number of hydrogen-bond acceptors (Lipinski definition) is 5. The molecule has 1 aromatic rings. The van der Waals surface area contributed by atoms with Crippen LogP contribution in [0, 0.1) is 11.8 Å². The molecule has 0 aliphatic carbocycles. The lowest BCUT2D eigenvalue weighted by Gasteiger charge is -2.29. The quantitative estimate of drug-likeness (QED) is 0.669. The number of pyridine rings is 1. The average molecular weight is 317 g/mol. The number of hydrazine groups is 1. The summed E-state index contributed by atoms with van der Waals surface area (Å²) in [5.74, 6) is 0.609. The Labute approximate surface area is 137 Å². The molecule has 5 atom stereocenters. The molecule has 2 fully saturated rings. The van der Waals surface area contributed by atoms with Gasteiger partial charge in [-0.3, -0.25) is 9.78 Å². The van der Waals surface area contributed by atoms with Gasteiger partial charge in [-0.15, -0.1) is 0 Å². The van der Waals surface area contributed by atoms with E-state index in [0.717, 1.165) is 25.8 Å². The number of carbonyl (C=O) groups is 1. The number of rotatable bonds is 4. The van der Waals surface area contributed by atoms with E-state index in [9.17, 15) is 4.79 Å². The zero-order chi connectivity index (χ0) is 16.2. The summed E-state index contributed by atoms with van der Waals surface area (Å²) in [5, 5.41) is 6.61. The van der Waals surface area contributed by atoms with Gasteiger partial charge < -0.3 is 10.6 Å². The number of nitrogens with zero attached hydrogens (tertiary/aromatic N) is 1. The fourth-order valence-corrected chi connectivity index (χ4v) is 3.74. The third-order valence-electron chi connectivity index (χ3n) is 5.08. The van der Waals surface area contributed by atoms with Crippen LogP contribution < -0.4 is 21.5 Å². The third kappa shape index (κ3) is 3.71. The Kier molecular flexibility index (Phi) is 5.25. The summed E-state index contributed by atoms with van der Waals surface area (Å²) in [5.41, 5.74) is 7.81. The molecule has 3 rings (SSSR count). The fourth-order valence-electron chi connectivity index (χ4n) is 3.74. The van der Waals surface area contributed by atoms with Gasteiger partial charge in [-0.25, -0.2) is 10.9 Å². The van der Waals surface area contributed by atoms with E-state index < -0.39 is 0 Å². The van der Waals surface area contributed by atoms with Crippen molar-refractivity contribution < 1.29 is 4.79 Å². The third-order valence-corrected chi connectivity index (χ3v) is 5.08. The molecule has 0 spiro atoms. The van der Waals surface area contributed by atoms with Gasteiger partial charge in [0.25, 0.3) is 0 Å². The lowest BCUT2D eigenvalue weighted by atomic mass is 9.89. The molecule has 3 unspecified atom stereocenters. The van der Waals surface area contributed by atoms with Crippen LogP contribution in [0.4, 0.5) is 0 Å². The molecule has 0 saturated carbocycles.